The number of rotatable bonds is 6. The van der Waals surface area contributed by atoms with Gasteiger partial charge in [0.25, 0.3) is 0 Å². The van der Waals surface area contributed by atoms with Crippen molar-refractivity contribution in [2.75, 3.05) is 20.7 Å². The summed E-state index contributed by atoms with van der Waals surface area (Å²) >= 11 is 0. The highest BCUT2D eigenvalue weighted by Crippen LogP contribution is 2.29. The molecule has 0 aliphatic heterocycles. The lowest BCUT2D eigenvalue weighted by atomic mass is 9.89. The molecule has 0 aromatic heterocycles. The maximum Gasteiger partial charge on any atom is 0.122 e. The van der Waals surface area contributed by atoms with E-state index in [2.05, 4.69) is 39.1 Å². The van der Waals surface area contributed by atoms with Crippen molar-refractivity contribution >= 4 is 0 Å². The molecule has 1 N–H and O–H groups in total. The van der Waals surface area contributed by atoms with E-state index in [1.54, 1.807) is 7.11 Å². The monoisotopic (exact) mass is 249 g/mol. The van der Waals surface area contributed by atoms with Gasteiger partial charge in [-0.3, -0.25) is 0 Å². The van der Waals surface area contributed by atoms with Gasteiger partial charge in [0.15, 0.2) is 0 Å². The second-order valence-electron chi connectivity index (χ2n) is 5.16. The number of ether oxygens (including phenoxy) is 1. The van der Waals surface area contributed by atoms with Gasteiger partial charge in [-0.05, 0) is 75.0 Å². The highest BCUT2D eigenvalue weighted by molar-refractivity contribution is 5.48. The average Bonchev–Trinajstić information content (AvgIpc) is 2.37. The molecular weight excluding hydrogens is 222 g/mol. The quantitative estimate of drug-likeness (QED) is 0.834. The topological polar surface area (TPSA) is 21.3 Å². The van der Waals surface area contributed by atoms with Crippen molar-refractivity contribution < 1.29 is 4.74 Å². The molecule has 102 valence electrons. The fourth-order valence-electron chi connectivity index (χ4n) is 2.56. The molecule has 1 atom stereocenters. The van der Waals surface area contributed by atoms with E-state index in [9.17, 15) is 0 Å². The molecule has 2 heteroatoms. The Labute approximate surface area is 112 Å². The molecule has 0 amide bonds. The normalized spacial score (nSPS) is 12.6. The van der Waals surface area contributed by atoms with Crippen LogP contribution in [0.2, 0.25) is 0 Å². The van der Waals surface area contributed by atoms with E-state index in [-0.39, 0.29) is 0 Å². The summed E-state index contributed by atoms with van der Waals surface area (Å²) in [4.78, 5) is 0. The molecule has 0 spiro atoms. The number of methoxy groups -OCH3 is 1. The summed E-state index contributed by atoms with van der Waals surface area (Å²) in [5, 5.41) is 3.29. The Morgan fingerprint density at radius 1 is 1.22 bits per heavy atom. The van der Waals surface area contributed by atoms with E-state index in [0.717, 1.165) is 18.7 Å². The van der Waals surface area contributed by atoms with Crippen LogP contribution >= 0.6 is 0 Å². The summed E-state index contributed by atoms with van der Waals surface area (Å²) in [5.74, 6) is 1.72. The van der Waals surface area contributed by atoms with E-state index < -0.39 is 0 Å². The largest absolute Gasteiger partial charge is 0.496 e. The fourth-order valence-corrected chi connectivity index (χ4v) is 2.56. The first kappa shape index (κ1) is 15.0. The van der Waals surface area contributed by atoms with Gasteiger partial charge in [-0.2, -0.15) is 0 Å². The first-order valence-corrected chi connectivity index (χ1v) is 6.83. The fraction of sp³-hybridized carbons (Fsp3) is 0.625. The molecule has 0 heterocycles. The molecule has 0 radical (unpaired) electrons. The highest BCUT2D eigenvalue weighted by atomic mass is 16.5. The zero-order valence-electron chi connectivity index (χ0n) is 12.7. The van der Waals surface area contributed by atoms with E-state index >= 15 is 0 Å². The van der Waals surface area contributed by atoms with E-state index in [4.69, 9.17) is 4.74 Å². The van der Waals surface area contributed by atoms with Gasteiger partial charge in [0.1, 0.15) is 5.75 Å². The van der Waals surface area contributed by atoms with Crippen LogP contribution in [-0.4, -0.2) is 20.7 Å². The molecule has 0 aliphatic carbocycles. The number of hydrogen-bond acceptors (Lipinski definition) is 2. The SMILES string of the molecule is CCC(CNC)Cc1c(C)cc(OC)c(C)c1C. The third kappa shape index (κ3) is 3.26. The molecule has 0 aliphatic rings. The zero-order chi connectivity index (χ0) is 13.7. The number of hydrogen-bond donors (Lipinski definition) is 1. The molecule has 0 bridgehead atoms. The Bertz CT molecular complexity index is 399. The lowest BCUT2D eigenvalue weighted by molar-refractivity contribution is 0.410. The van der Waals surface area contributed by atoms with Crippen molar-refractivity contribution in [3.63, 3.8) is 0 Å². The van der Waals surface area contributed by atoms with Gasteiger partial charge >= 0.3 is 0 Å². The lowest BCUT2D eigenvalue weighted by Crippen LogP contribution is -2.21. The van der Waals surface area contributed by atoms with Gasteiger partial charge in [-0.1, -0.05) is 13.3 Å². The maximum absolute atomic E-state index is 5.43. The number of nitrogens with one attached hydrogen (secondary N) is 1. The molecule has 0 fully saturated rings. The number of aryl methyl sites for hydroxylation is 1. The Morgan fingerprint density at radius 3 is 2.39 bits per heavy atom. The maximum atomic E-state index is 5.43. The molecule has 0 saturated heterocycles. The second kappa shape index (κ2) is 6.79. The van der Waals surface area contributed by atoms with E-state index in [0.29, 0.717) is 5.92 Å². The summed E-state index contributed by atoms with van der Waals surface area (Å²) in [5.41, 5.74) is 5.51. The number of benzene rings is 1. The van der Waals surface area contributed by atoms with E-state index in [1.807, 2.05) is 7.05 Å². The van der Waals surface area contributed by atoms with Crippen LogP contribution in [0.4, 0.5) is 0 Å². The van der Waals surface area contributed by atoms with Gasteiger partial charge < -0.3 is 10.1 Å². The van der Waals surface area contributed by atoms with Crippen molar-refractivity contribution in [3.05, 3.63) is 28.3 Å². The van der Waals surface area contributed by atoms with E-state index in [1.165, 1.54) is 28.7 Å². The van der Waals surface area contributed by atoms with Crippen LogP contribution in [0.25, 0.3) is 0 Å². The van der Waals surface area contributed by atoms with Crippen LogP contribution in [0, 0.1) is 26.7 Å². The summed E-state index contributed by atoms with van der Waals surface area (Å²) < 4.78 is 5.43. The standard InChI is InChI=1S/C16H27NO/c1-7-14(10-17-5)9-15-11(2)8-16(18-6)13(4)12(15)3/h8,14,17H,7,9-10H2,1-6H3. The third-order valence-electron chi connectivity index (χ3n) is 3.99. The molecule has 1 unspecified atom stereocenters. The summed E-state index contributed by atoms with van der Waals surface area (Å²) in [6.07, 6.45) is 2.37. The van der Waals surface area contributed by atoms with Crippen LogP contribution in [0.15, 0.2) is 6.07 Å². The second-order valence-corrected chi connectivity index (χ2v) is 5.16. The van der Waals surface area contributed by atoms with Crippen molar-refractivity contribution in [2.45, 2.75) is 40.5 Å². The van der Waals surface area contributed by atoms with Crippen LogP contribution in [0.1, 0.15) is 35.6 Å². The summed E-state index contributed by atoms with van der Waals surface area (Å²) in [6.45, 7) is 9.91. The van der Waals surface area contributed by atoms with Crippen LogP contribution < -0.4 is 10.1 Å². The van der Waals surface area contributed by atoms with Gasteiger partial charge in [-0.15, -0.1) is 0 Å². The van der Waals surface area contributed by atoms with Gasteiger partial charge in [0, 0.05) is 0 Å². The minimum absolute atomic E-state index is 0.709. The predicted molar refractivity (Wildman–Crippen MR) is 78.6 cm³/mol. The Kier molecular flexibility index (Phi) is 5.67. The summed E-state index contributed by atoms with van der Waals surface area (Å²) in [6, 6.07) is 2.17. The zero-order valence-corrected chi connectivity index (χ0v) is 12.7. The molecule has 1 rings (SSSR count). The minimum Gasteiger partial charge on any atom is -0.496 e. The first-order valence-electron chi connectivity index (χ1n) is 6.83. The molecular formula is C16H27NO. The molecule has 1 aromatic rings. The minimum atomic E-state index is 0.709. The highest BCUT2D eigenvalue weighted by Gasteiger charge is 2.14. The van der Waals surface area contributed by atoms with Crippen molar-refractivity contribution in [3.8, 4) is 5.75 Å². The van der Waals surface area contributed by atoms with Crippen LogP contribution in [0.5, 0.6) is 5.75 Å². The smallest absolute Gasteiger partial charge is 0.122 e. The predicted octanol–water partition coefficient (Wildman–Crippen LogP) is 3.41. The van der Waals surface area contributed by atoms with Crippen molar-refractivity contribution in [1.82, 2.24) is 5.32 Å². The lowest BCUT2D eigenvalue weighted by Gasteiger charge is -2.20. The van der Waals surface area contributed by atoms with Crippen molar-refractivity contribution in [1.29, 1.82) is 0 Å². The molecule has 1 aromatic carbocycles. The Balaban J connectivity index is 3.05. The van der Waals surface area contributed by atoms with Crippen molar-refractivity contribution in [2.24, 2.45) is 5.92 Å². The first-order chi connectivity index (χ1) is 8.54. The molecule has 2 nitrogen and oxygen atoms in total. The third-order valence-corrected chi connectivity index (χ3v) is 3.99. The molecule has 0 saturated carbocycles. The van der Waals surface area contributed by atoms with Gasteiger partial charge in [-0.25, -0.2) is 0 Å². The van der Waals surface area contributed by atoms with Gasteiger partial charge in [0.05, 0.1) is 7.11 Å². The molecule has 18 heavy (non-hydrogen) atoms. The Morgan fingerprint density at radius 2 is 1.89 bits per heavy atom. The Hall–Kier alpha value is -1.02. The van der Waals surface area contributed by atoms with Crippen LogP contribution in [-0.2, 0) is 6.42 Å². The van der Waals surface area contributed by atoms with Crippen LogP contribution in [0.3, 0.4) is 0 Å². The average molecular weight is 249 g/mol. The van der Waals surface area contributed by atoms with Gasteiger partial charge in [0.2, 0.25) is 0 Å². The summed E-state index contributed by atoms with van der Waals surface area (Å²) in [7, 11) is 3.78.